The third kappa shape index (κ3) is 3.54. The van der Waals surface area contributed by atoms with Crippen molar-refractivity contribution >= 4 is 28.5 Å². The molecule has 2 fully saturated rings. The molecule has 0 aliphatic carbocycles. The molecular weight excluding hydrogens is 382 g/mol. The van der Waals surface area contributed by atoms with Crippen LogP contribution in [-0.4, -0.2) is 65.4 Å². The molecule has 2 saturated heterocycles. The van der Waals surface area contributed by atoms with Crippen LogP contribution < -0.4 is 9.80 Å². The van der Waals surface area contributed by atoms with Gasteiger partial charge in [0, 0.05) is 49.8 Å². The minimum Gasteiger partial charge on any atom is -0.481 e. The minimum atomic E-state index is -0.761. The molecule has 0 radical (unpaired) electrons. The molecule has 5 rings (SSSR count). The van der Waals surface area contributed by atoms with Crippen LogP contribution in [0.2, 0.25) is 0 Å². The monoisotopic (exact) mass is 405 g/mol. The Morgan fingerprint density at radius 3 is 2.53 bits per heavy atom. The third-order valence-electron chi connectivity index (χ3n) is 5.81. The maximum absolute atomic E-state index is 11.4. The summed E-state index contributed by atoms with van der Waals surface area (Å²) in [6, 6.07) is 10.3. The molecule has 8 heteroatoms. The number of rotatable bonds is 4. The SMILES string of the molecule is O=C(O)[C@@H]1CCN(c2nc(-c3ccc(N4CCOCC4)cc3)cc3nccnc23)C1. The lowest BCUT2D eigenvalue weighted by Gasteiger charge is -2.28. The Labute approximate surface area is 174 Å². The van der Waals surface area contributed by atoms with Gasteiger partial charge in [-0.1, -0.05) is 12.1 Å². The van der Waals surface area contributed by atoms with Crippen molar-refractivity contribution in [2.24, 2.45) is 5.92 Å². The second-order valence-electron chi connectivity index (χ2n) is 7.67. The molecule has 0 amide bonds. The number of hydrogen-bond acceptors (Lipinski definition) is 7. The molecule has 0 spiro atoms. The number of ether oxygens (including phenoxy) is 1. The van der Waals surface area contributed by atoms with E-state index in [1.807, 2.05) is 11.0 Å². The van der Waals surface area contributed by atoms with Gasteiger partial charge < -0.3 is 19.6 Å². The summed E-state index contributed by atoms with van der Waals surface area (Å²) in [6.07, 6.45) is 3.92. The van der Waals surface area contributed by atoms with Gasteiger partial charge >= 0.3 is 5.97 Å². The van der Waals surface area contributed by atoms with Gasteiger partial charge in [0.25, 0.3) is 0 Å². The molecular formula is C22H23N5O3. The highest BCUT2D eigenvalue weighted by Gasteiger charge is 2.30. The van der Waals surface area contributed by atoms with Crippen LogP contribution in [0.3, 0.4) is 0 Å². The number of carbonyl (C=O) groups is 1. The fourth-order valence-electron chi connectivity index (χ4n) is 4.14. The summed E-state index contributed by atoms with van der Waals surface area (Å²) in [7, 11) is 0. The highest BCUT2D eigenvalue weighted by atomic mass is 16.5. The first kappa shape index (κ1) is 18.7. The van der Waals surface area contributed by atoms with Gasteiger partial charge in [0.2, 0.25) is 0 Å². The van der Waals surface area contributed by atoms with E-state index in [1.54, 1.807) is 12.4 Å². The molecule has 0 bridgehead atoms. The number of aromatic nitrogens is 3. The van der Waals surface area contributed by atoms with Crippen molar-refractivity contribution in [2.75, 3.05) is 49.2 Å². The number of morpholine rings is 1. The molecule has 8 nitrogen and oxygen atoms in total. The summed E-state index contributed by atoms with van der Waals surface area (Å²) in [5.74, 6) is -0.436. The Balaban J connectivity index is 1.50. The summed E-state index contributed by atoms with van der Waals surface area (Å²) < 4.78 is 5.43. The van der Waals surface area contributed by atoms with Crippen molar-refractivity contribution < 1.29 is 14.6 Å². The van der Waals surface area contributed by atoms with Crippen LogP contribution in [-0.2, 0) is 9.53 Å². The number of fused-ring (bicyclic) bond motifs is 1. The van der Waals surface area contributed by atoms with Crippen LogP contribution in [0.15, 0.2) is 42.7 Å². The Morgan fingerprint density at radius 2 is 1.80 bits per heavy atom. The van der Waals surface area contributed by atoms with Gasteiger partial charge in [-0.3, -0.25) is 9.78 Å². The van der Waals surface area contributed by atoms with E-state index in [2.05, 4.69) is 39.1 Å². The number of pyridine rings is 1. The number of anilines is 2. The van der Waals surface area contributed by atoms with E-state index in [9.17, 15) is 9.90 Å². The Morgan fingerprint density at radius 1 is 1.03 bits per heavy atom. The largest absolute Gasteiger partial charge is 0.481 e. The molecule has 1 aromatic carbocycles. The van der Waals surface area contributed by atoms with E-state index < -0.39 is 5.97 Å². The van der Waals surface area contributed by atoms with Crippen LogP contribution in [0.1, 0.15) is 6.42 Å². The lowest BCUT2D eigenvalue weighted by atomic mass is 10.1. The number of carboxylic acid groups (broad SMARTS) is 1. The molecule has 2 aliphatic heterocycles. The summed E-state index contributed by atoms with van der Waals surface area (Å²) in [4.78, 5) is 29.6. The normalized spacial score (nSPS) is 19.4. The topological polar surface area (TPSA) is 91.7 Å². The van der Waals surface area contributed by atoms with E-state index in [-0.39, 0.29) is 5.92 Å². The summed E-state index contributed by atoms with van der Waals surface area (Å²) in [5, 5.41) is 9.37. The van der Waals surface area contributed by atoms with E-state index in [4.69, 9.17) is 9.72 Å². The van der Waals surface area contributed by atoms with E-state index in [1.165, 1.54) is 5.69 Å². The second-order valence-corrected chi connectivity index (χ2v) is 7.67. The molecule has 4 heterocycles. The second kappa shape index (κ2) is 7.87. The average molecular weight is 405 g/mol. The van der Waals surface area contributed by atoms with Crippen molar-refractivity contribution in [2.45, 2.75) is 6.42 Å². The van der Waals surface area contributed by atoms with Crippen LogP contribution in [0.4, 0.5) is 11.5 Å². The van der Waals surface area contributed by atoms with Crippen molar-refractivity contribution in [1.29, 1.82) is 0 Å². The number of carboxylic acids is 1. The molecule has 1 N–H and O–H groups in total. The van der Waals surface area contributed by atoms with Crippen LogP contribution in [0, 0.1) is 5.92 Å². The molecule has 0 unspecified atom stereocenters. The zero-order chi connectivity index (χ0) is 20.5. The van der Waals surface area contributed by atoms with Gasteiger partial charge in [-0.2, -0.15) is 0 Å². The lowest BCUT2D eigenvalue weighted by Crippen LogP contribution is -2.36. The van der Waals surface area contributed by atoms with Crippen molar-refractivity contribution in [1.82, 2.24) is 15.0 Å². The number of hydrogen-bond donors (Lipinski definition) is 1. The molecule has 0 saturated carbocycles. The maximum Gasteiger partial charge on any atom is 0.308 e. The molecule has 154 valence electrons. The van der Waals surface area contributed by atoms with Crippen molar-refractivity contribution in [3.63, 3.8) is 0 Å². The van der Waals surface area contributed by atoms with Crippen LogP contribution >= 0.6 is 0 Å². The van der Waals surface area contributed by atoms with Gasteiger partial charge in [0.05, 0.1) is 30.3 Å². The van der Waals surface area contributed by atoms with Crippen molar-refractivity contribution in [3.05, 3.63) is 42.7 Å². The third-order valence-corrected chi connectivity index (χ3v) is 5.81. The first-order chi connectivity index (χ1) is 14.7. The minimum absolute atomic E-state index is 0.380. The Hall–Kier alpha value is -3.26. The Bertz CT molecular complexity index is 1070. The van der Waals surface area contributed by atoms with E-state index in [0.717, 1.165) is 43.1 Å². The molecule has 3 aromatic rings. The Kier molecular flexibility index (Phi) is 4.92. The van der Waals surface area contributed by atoms with Crippen molar-refractivity contribution in [3.8, 4) is 11.3 Å². The van der Waals surface area contributed by atoms with E-state index in [0.29, 0.717) is 30.8 Å². The average Bonchev–Trinajstić information content (AvgIpc) is 3.30. The summed E-state index contributed by atoms with van der Waals surface area (Å²) >= 11 is 0. The first-order valence-corrected chi connectivity index (χ1v) is 10.2. The van der Waals surface area contributed by atoms with Gasteiger partial charge in [-0.05, 0) is 24.6 Å². The smallest absolute Gasteiger partial charge is 0.308 e. The highest BCUT2D eigenvalue weighted by molar-refractivity contribution is 5.89. The highest BCUT2D eigenvalue weighted by Crippen LogP contribution is 2.31. The van der Waals surface area contributed by atoms with Gasteiger partial charge in [-0.15, -0.1) is 0 Å². The maximum atomic E-state index is 11.4. The molecule has 2 aliphatic rings. The first-order valence-electron chi connectivity index (χ1n) is 10.2. The zero-order valence-corrected chi connectivity index (χ0v) is 16.6. The number of nitrogens with zero attached hydrogens (tertiary/aromatic N) is 5. The predicted molar refractivity (Wildman–Crippen MR) is 114 cm³/mol. The number of aliphatic carboxylic acids is 1. The standard InChI is InChI=1S/C22H23N5O3/c28-22(29)16-5-8-27(14-16)21-20-19(23-6-7-24-20)13-18(25-21)15-1-3-17(4-2-15)26-9-11-30-12-10-26/h1-4,6-7,13,16H,5,8-12,14H2,(H,28,29)/t16-/m1/s1. The fraction of sp³-hybridized carbons (Fsp3) is 0.364. The summed E-state index contributed by atoms with van der Waals surface area (Å²) in [5.41, 5.74) is 4.44. The predicted octanol–water partition coefficient (Wildman–Crippen LogP) is 2.44. The van der Waals surface area contributed by atoms with Crippen LogP contribution in [0.25, 0.3) is 22.3 Å². The molecule has 1 atom stereocenters. The summed E-state index contributed by atoms with van der Waals surface area (Å²) in [6.45, 7) is 4.38. The van der Waals surface area contributed by atoms with E-state index >= 15 is 0 Å². The van der Waals surface area contributed by atoms with Gasteiger partial charge in [0.1, 0.15) is 5.52 Å². The van der Waals surface area contributed by atoms with Crippen LogP contribution in [0.5, 0.6) is 0 Å². The fourth-order valence-corrected chi connectivity index (χ4v) is 4.14. The lowest BCUT2D eigenvalue weighted by molar-refractivity contribution is -0.140. The molecule has 2 aromatic heterocycles. The zero-order valence-electron chi connectivity index (χ0n) is 16.6. The van der Waals surface area contributed by atoms with Gasteiger partial charge in [-0.25, -0.2) is 9.97 Å². The number of benzene rings is 1. The van der Waals surface area contributed by atoms with Gasteiger partial charge in [0.15, 0.2) is 5.82 Å². The molecule has 30 heavy (non-hydrogen) atoms. The quantitative estimate of drug-likeness (QED) is 0.708.